The topological polar surface area (TPSA) is 15.3 Å². The molecule has 0 spiro atoms. The van der Waals surface area contributed by atoms with Crippen LogP contribution in [0.15, 0.2) is 18.2 Å². The summed E-state index contributed by atoms with van der Waals surface area (Å²) >= 11 is 12.5. The Balaban J connectivity index is 2.21. The standard InChI is InChI=1S/C17H26Cl2N2/c1-4-17(5-2)12-21(13(3)8-9-20-17)11-14-10-15(18)6-7-16(14)19/h6-7,10,13,20H,4-5,8-9,11-12H2,1-3H3. The van der Waals surface area contributed by atoms with Crippen molar-refractivity contribution in [1.29, 1.82) is 0 Å². The molecule has 1 aromatic carbocycles. The molecular weight excluding hydrogens is 303 g/mol. The van der Waals surface area contributed by atoms with E-state index in [1.165, 1.54) is 6.42 Å². The molecule has 21 heavy (non-hydrogen) atoms. The smallest absolute Gasteiger partial charge is 0.0452 e. The number of benzene rings is 1. The molecule has 1 aliphatic heterocycles. The van der Waals surface area contributed by atoms with E-state index in [2.05, 4.69) is 31.0 Å². The highest BCUT2D eigenvalue weighted by atomic mass is 35.5. The first kappa shape index (κ1) is 17.1. The zero-order chi connectivity index (χ0) is 15.5. The van der Waals surface area contributed by atoms with Crippen LogP contribution in [0.1, 0.15) is 45.6 Å². The van der Waals surface area contributed by atoms with E-state index in [9.17, 15) is 0 Å². The fourth-order valence-corrected chi connectivity index (χ4v) is 3.52. The summed E-state index contributed by atoms with van der Waals surface area (Å²) in [7, 11) is 0. The summed E-state index contributed by atoms with van der Waals surface area (Å²) < 4.78 is 0. The van der Waals surface area contributed by atoms with E-state index < -0.39 is 0 Å². The molecule has 0 aliphatic carbocycles. The molecule has 0 radical (unpaired) electrons. The Bertz CT molecular complexity index is 472. The molecular formula is C17H26Cl2N2. The number of hydrogen-bond acceptors (Lipinski definition) is 2. The molecule has 0 aromatic heterocycles. The summed E-state index contributed by atoms with van der Waals surface area (Å²) in [5.74, 6) is 0. The fourth-order valence-electron chi connectivity index (χ4n) is 3.15. The number of halogens is 2. The van der Waals surface area contributed by atoms with Crippen LogP contribution in [0.25, 0.3) is 0 Å². The van der Waals surface area contributed by atoms with Crippen molar-refractivity contribution in [3.63, 3.8) is 0 Å². The van der Waals surface area contributed by atoms with Gasteiger partial charge in [0.2, 0.25) is 0 Å². The SMILES string of the molecule is CCC1(CC)CN(Cc2cc(Cl)ccc2Cl)C(C)CCN1. The largest absolute Gasteiger partial charge is 0.310 e. The summed E-state index contributed by atoms with van der Waals surface area (Å²) in [5.41, 5.74) is 1.34. The lowest BCUT2D eigenvalue weighted by molar-refractivity contribution is 0.152. The monoisotopic (exact) mass is 328 g/mol. The average Bonchev–Trinajstić information content (AvgIpc) is 2.63. The molecule has 2 rings (SSSR count). The van der Waals surface area contributed by atoms with Crippen molar-refractivity contribution in [3.05, 3.63) is 33.8 Å². The maximum Gasteiger partial charge on any atom is 0.0452 e. The second-order valence-electron chi connectivity index (χ2n) is 6.19. The van der Waals surface area contributed by atoms with Gasteiger partial charge in [0.05, 0.1) is 0 Å². The number of rotatable bonds is 4. The van der Waals surface area contributed by atoms with E-state index in [0.29, 0.717) is 6.04 Å². The molecule has 1 atom stereocenters. The highest BCUT2D eigenvalue weighted by Gasteiger charge is 2.33. The van der Waals surface area contributed by atoms with Gasteiger partial charge in [0, 0.05) is 34.7 Å². The maximum absolute atomic E-state index is 6.34. The summed E-state index contributed by atoms with van der Waals surface area (Å²) in [5, 5.41) is 5.33. The van der Waals surface area contributed by atoms with Crippen LogP contribution >= 0.6 is 23.2 Å². The van der Waals surface area contributed by atoms with Gasteiger partial charge < -0.3 is 5.32 Å². The normalized spacial score (nSPS) is 23.0. The average molecular weight is 329 g/mol. The Morgan fingerprint density at radius 2 is 2.00 bits per heavy atom. The highest BCUT2D eigenvalue weighted by Crippen LogP contribution is 2.27. The van der Waals surface area contributed by atoms with Gasteiger partial charge in [-0.1, -0.05) is 37.0 Å². The van der Waals surface area contributed by atoms with Crippen molar-refractivity contribution in [3.8, 4) is 0 Å². The molecule has 4 heteroatoms. The van der Waals surface area contributed by atoms with Crippen LogP contribution in [0.4, 0.5) is 0 Å². The summed E-state index contributed by atoms with van der Waals surface area (Å²) in [6.45, 7) is 9.87. The van der Waals surface area contributed by atoms with Gasteiger partial charge in [-0.25, -0.2) is 0 Å². The highest BCUT2D eigenvalue weighted by molar-refractivity contribution is 6.33. The Hall–Kier alpha value is -0.280. The van der Waals surface area contributed by atoms with Crippen molar-refractivity contribution < 1.29 is 0 Å². The van der Waals surface area contributed by atoms with Gasteiger partial charge in [-0.2, -0.15) is 0 Å². The van der Waals surface area contributed by atoms with Crippen molar-refractivity contribution in [2.45, 2.75) is 58.2 Å². The molecule has 0 saturated carbocycles. The van der Waals surface area contributed by atoms with E-state index in [-0.39, 0.29) is 5.54 Å². The second-order valence-corrected chi connectivity index (χ2v) is 7.04. The van der Waals surface area contributed by atoms with Gasteiger partial charge in [-0.15, -0.1) is 0 Å². The lowest BCUT2D eigenvalue weighted by Crippen LogP contribution is -2.51. The first-order valence-electron chi connectivity index (χ1n) is 7.92. The van der Waals surface area contributed by atoms with E-state index in [1.807, 2.05) is 18.2 Å². The molecule has 118 valence electrons. The summed E-state index contributed by atoms with van der Waals surface area (Å²) in [6.07, 6.45) is 3.46. The van der Waals surface area contributed by atoms with Gasteiger partial charge in [-0.05, 0) is 56.5 Å². The lowest BCUT2D eigenvalue weighted by atomic mass is 9.92. The predicted octanol–water partition coefficient (Wildman–Crippen LogP) is 4.74. The van der Waals surface area contributed by atoms with E-state index in [1.54, 1.807) is 0 Å². The van der Waals surface area contributed by atoms with Gasteiger partial charge in [0.1, 0.15) is 0 Å². The minimum Gasteiger partial charge on any atom is -0.310 e. The molecule has 1 saturated heterocycles. The number of nitrogens with zero attached hydrogens (tertiary/aromatic N) is 1. The van der Waals surface area contributed by atoms with Crippen LogP contribution in [0.3, 0.4) is 0 Å². The maximum atomic E-state index is 6.34. The molecule has 1 aromatic rings. The van der Waals surface area contributed by atoms with E-state index >= 15 is 0 Å². The second kappa shape index (κ2) is 7.32. The third kappa shape index (κ3) is 4.13. The molecule has 0 bridgehead atoms. The fraction of sp³-hybridized carbons (Fsp3) is 0.647. The van der Waals surface area contributed by atoms with Crippen molar-refractivity contribution in [1.82, 2.24) is 10.2 Å². The zero-order valence-electron chi connectivity index (χ0n) is 13.3. The molecule has 1 unspecified atom stereocenters. The Morgan fingerprint density at radius 3 is 2.67 bits per heavy atom. The van der Waals surface area contributed by atoms with E-state index in [0.717, 1.165) is 48.1 Å². The van der Waals surface area contributed by atoms with Crippen LogP contribution in [-0.4, -0.2) is 29.6 Å². The summed E-state index contributed by atoms with van der Waals surface area (Å²) in [6, 6.07) is 6.29. The Labute approximate surface area is 138 Å². The third-order valence-electron chi connectivity index (χ3n) is 4.93. The lowest BCUT2D eigenvalue weighted by Gasteiger charge is -2.37. The van der Waals surface area contributed by atoms with Crippen LogP contribution < -0.4 is 5.32 Å². The minimum absolute atomic E-state index is 0.218. The van der Waals surface area contributed by atoms with E-state index in [4.69, 9.17) is 23.2 Å². The van der Waals surface area contributed by atoms with Gasteiger partial charge >= 0.3 is 0 Å². The van der Waals surface area contributed by atoms with Crippen LogP contribution in [0.2, 0.25) is 10.0 Å². The van der Waals surface area contributed by atoms with Crippen molar-refractivity contribution in [2.75, 3.05) is 13.1 Å². The Morgan fingerprint density at radius 1 is 1.29 bits per heavy atom. The molecule has 2 nitrogen and oxygen atoms in total. The van der Waals surface area contributed by atoms with Crippen LogP contribution in [-0.2, 0) is 6.54 Å². The van der Waals surface area contributed by atoms with Crippen molar-refractivity contribution >= 4 is 23.2 Å². The van der Waals surface area contributed by atoms with Gasteiger partial charge in [0.25, 0.3) is 0 Å². The molecule has 1 fully saturated rings. The van der Waals surface area contributed by atoms with Crippen molar-refractivity contribution in [2.24, 2.45) is 0 Å². The Kier molecular flexibility index (Phi) is 5.96. The predicted molar refractivity (Wildman–Crippen MR) is 92.3 cm³/mol. The minimum atomic E-state index is 0.218. The zero-order valence-corrected chi connectivity index (χ0v) is 14.8. The summed E-state index contributed by atoms with van der Waals surface area (Å²) in [4.78, 5) is 2.55. The first-order chi connectivity index (χ1) is 9.99. The quantitative estimate of drug-likeness (QED) is 0.859. The molecule has 1 N–H and O–H groups in total. The number of hydrogen-bond donors (Lipinski definition) is 1. The molecule has 1 aliphatic rings. The van der Waals surface area contributed by atoms with Crippen LogP contribution in [0.5, 0.6) is 0 Å². The van der Waals surface area contributed by atoms with Crippen LogP contribution in [0, 0.1) is 0 Å². The molecule has 0 amide bonds. The third-order valence-corrected chi connectivity index (χ3v) is 5.53. The first-order valence-corrected chi connectivity index (χ1v) is 8.68. The molecule has 1 heterocycles. The van der Waals surface area contributed by atoms with Gasteiger partial charge in [-0.3, -0.25) is 4.90 Å². The number of nitrogens with one attached hydrogen (secondary N) is 1. The van der Waals surface area contributed by atoms with Gasteiger partial charge in [0.15, 0.2) is 0 Å².